The Morgan fingerprint density at radius 3 is 1.37 bits per heavy atom. The van der Waals surface area contributed by atoms with Gasteiger partial charge in [0.15, 0.2) is 24.6 Å². The summed E-state index contributed by atoms with van der Waals surface area (Å²) in [7, 11) is 0. The van der Waals surface area contributed by atoms with Gasteiger partial charge in [0.25, 0.3) is 0 Å². The van der Waals surface area contributed by atoms with Gasteiger partial charge in [0.05, 0.1) is 6.61 Å². The molecule has 0 aromatic carbocycles. The molecule has 1 saturated heterocycles. The van der Waals surface area contributed by atoms with E-state index < -0.39 is 67.3 Å². The minimum absolute atomic E-state index is 0.0413. The number of allylic oxidation sites excluding steroid dienone is 14. The number of rotatable bonds is 49. The van der Waals surface area contributed by atoms with E-state index in [1.807, 2.05) is 6.08 Å². The van der Waals surface area contributed by atoms with Crippen LogP contribution in [-0.2, 0) is 42.9 Å². The number of carbonyl (C=O) groups is 4. The number of ether oxygens (including phenoxy) is 5. The van der Waals surface area contributed by atoms with Crippen molar-refractivity contribution in [3.8, 4) is 0 Å². The first kappa shape index (κ1) is 68.9. The van der Waals surface area contributed by atoms with E-state index >= 15 is 0 Å². The quantitative estimate of drug-likeness (QED) is 0.0228. The molecule has 6 unspecified atom stereocenters. The molecular weight excluding hydrogens is 949 g/mol. The Hall–Kier alpha value is -4.10. The number of hydrogen-bond acceptors (Lipinski definition) is 11. The minimum atomic E-state index is -1.91. The SMILES string of the molecule is CC/C=C\C/C=C\C/C=C\C/C=C\C/C=C\CCCC(=O)OCC(COC1OC(C(=O)O)C(O)C(O)C1OC(=O)CCCCCCC/C=C\CCCC)OC(=O)CCCCCCCCC/C=C\CCCCCCCC. The molecule has 1 aliphatic heterocycles. The van der Waals surface area contributed by atoms with Crippen LogP contribution < -0.4 is 0 Å². The van der Waals surface area contributed by atoms with Gasteiger partial charge >= 0.3 is 23.9 Å². The maximum absolute atomic E-state index is 13.2. The zero-order chi connectivity index (χ0) is 54.7. The Morgan fingerprint density at radius 2 is 0.867 bits per heavy atom. The second-order valence-corrected chi connectivity index (χ2v) is 19.9. The summed E-state index contributed by atoms with van der Waals surface area (Å²) in [4.78, 5) is 51.1. The lowest BCUT2D eigenvalue weighted by Crippen LogP contribution is -2.61. The first-order chi connectivity index (χ1) is 36.6. The van der Waals surface area contributed by atoms with Gasteiger partial charge in [-0.25, -0.2) is 4.79 Å². The van der Waals surface area contributed by atoms with Crippen LogP contribution in [0.2, 0.25) is 0 Å². The van der Waals surface area contributed by atoms with Gasteiger partial charge in [-0.15, -0.1) is 0 Å². The van der Waals surface area contributed by atoms with Gasteiger partial charge in [0.1, 0.15) is 18.8 Å². The summed E-state index contributed by atoms with van der Waals surface area (Å²) in [6, 6.07) is 0. The maximum atomic E-state index is 13.2. The van der Waals surface area contributed by atoms with Crippen molar-refractivity contribution in [2.24, 2.45) is 0 Å². The van der Waals surface area contributed by atoms with Crippen molar-refractivity contribution in [2.75, 3.05) is 13.2 Å². The molecule has 0 radical (unpaired) electrons. The lowest BCUT2D eigenvalue weighted by Gasteiger charge is -2.40. The molecule has 6 atom stereocenters. The van der Waals surface area contributed by atoms with Crippen LogP contribution in [0.15, 0.2) is 85.1 Å². The number of aliphatic carboxylic acids is 1. The van der Waals surface area contributed by atoms with Crippen molar-refractivity contribution in [3.63, 3.8) is 0 Å². The van der Waals surface area contributed by atoms with E-state index in [0.717, 1.165) is 103 Å². The predicted octanol–water partition coefficient (Wildman–Crippen LogP) is 15.1. The second-order valence-electron chi connectivity index (χ2n) is 19.9. The third-order valence-electron chi connectivity index (χ3n) is 12.9. The minimum Gasteiger partial charge on any atom is -0.479 e. The fourth-order valence-electron chi connectivity index (χ4n) is 8.38. The van der Waals surface area contributed by atoms with Crippen LogP contribution >= 0.6 is 0 Å². The smallest absolute Gasteiger partial charge is 0.335 e. The van der Waals surface area contributed by atoms with E-state index in [1.165, 1.54) is 70.6 Å². The molecule has 428 valence electrons. The molecule has 1 rings (SSSR count). The van der Waals surface area contributed by atoms with Crippen molar-refractivity contribution >= 4 is 23.9 Å². The fourth-order valence-corrected chi connectivity index (χ4v) is 8.38. The van der Waals surface area contributed by atoms with Crippen LogP contribution in [0.3, 0.4) is 0 Å². The van der Waals surface area contributed by atoms with Crippen molar-refractivity contribution < 1.29 is 58.2 Å². The largest absolute Gasteiger partial charge is 0.479 e. The molecule has 1 fully saturated rings. The van der Waals surface area contributed by atoms with Gasteiger partial charge in [0.2, 0.25) is 0 Å². The molecule has 0 amide bonds. The van der Waals surface area contributed by atoms with Crippen molar-refractivity contribution in [3.05, 3.63) is 85.1 Å². The molecule has 3 N–H and O–H groups in total. The van der Waals surface area contributed by atoms with Crippen LogP contribution in [0, 0.1) is 0 Å². The molecule has 12 heteroatoms. The monoisotopic (exact) mass is 1050 g/mol. The molecule has 1 heterocycles. The van der Waals surface area contributed by atoms with Crippen molar-refractivity contribution in [2.45, 2.75) is 276 Å². The summed E-state index contributed by atoms with van der Waals surface area (Å²) < 4.78 is 28.3. The van der Waals surface area contributed by atoms with Crippen LogP contribution in [-0.4, -0.2) is 89.2 Å². The Labute approximate surface area is 454 Å². The Balaban J connectivity index is 2.73. The molecular formula is C63H104O12. The number of unbranched alkanes of at least 4 members (excludes halogenated alkanes) is 21. The molecule has 0 aliphatic carbocycles. The average Bonchev–Trinajstić information content (AvgIpc) is 3.39. The van der Waals surface area contributed by atoms with Crippen LogP contribution in [0.4, 0.5) is 0 Å². The molecule has 0 aromatic rings. The van der Waals surface area contributed by atoms with E-state index in [1.54, 1.807) is 0 Å². The number of carboxylic acids is 1. The zero-order valence-corrected chi connectivity index (χ0v) is 47.0. The highest BCUT2D eigenvalue weighted by molar-refractivity contribution is 5.74. The van der Waals surface area contributed by atoms with Crippen molar-refractivity contribution in [1.82, 2.24) is 0 Å². The molecule has 12 nitrogen and oxygen atoms in total. The maximum Gasteiger partial charge on any atom is 0.335 e. The first-order valence-corrected chi connectivity index (χ1v) is 29.6. The van der Waals surface area contributed by atoms with Crippen LogP contribution in [0.1, 0.15) is 239 Å². The summed E-state index contributed by atoms with van der Waals surface area (Å²) in [5, 5.41) is 31.4. The van der Waals surface area contributed by atoms with Gasteiger partial charge in [-0.2, -0.15) is 0 Å². The fraction of sp³-hybridized carbons (Fsp3) is 0.714. The standard InChI is InChI=1S/C63H104O12/c1-4-7-10-13-16-19-22-24-26-28-30-32-35-37-40-43-46-49-55(64)71-52-54(73-56(65)50-47-44-41-39-36-33-31-29-27-25-23-20-17-14-11-8-5-2)53-72-63-61(59(68)58(67)60(75-63)62(69)70)74-57(66)51-48-45-42-38-34-21-18-15-12-9-6-3/h7,10,15-16,18-19,24-27,30,32,37,40,54,58-61,63,67-68H,4-6,8-9,11-14,17,20-23,28-29,31,33-36,38-39,41-53H2,1-3H3,(H,69,70)/b10-7-,18-15-,19-16-,26-24-,27-25-,32-30-,40-37-. The van der Waals surface area contributed by atoms with E-state index in [4.69, 9.17) is 23.7 Å². The third kappa shape index (κ3) is 40.8. The topological polar surface area (TPSA) is 175 Å². The average molecular weight is 1050 g/mol. The summed E-state index contributed by atoms with van der Waals surface area (Å²) in [6.07, 6.45) is 52.8. The van der Waals surface area contributed by atoms with Gasteiger partial charge in [-0.1, -0.05) is 202 Å². The number of carbonyl (C=O) groups excluding carboxylic acids is 3. The summed E-state index contributed by atoms with van der Waals surface area (Å²) in [6.45, 7) is 5.77. The van der Waals surface area contributed by atoms with E-state index in [0.29, 0.717) is 25.7 Å². The lowest BCUT2D eigenvalue weighted by atomic mass is 9.98. The normalized spacial score (nSPS) is 18.8. The predicted molar refractivity (Wildman–Crippen MR) is 303 cm³/mol. The lowest BCUT2D eigenvalue weighted by molar-refractivity contribution is -0.301. The summed E-state index contributed by atoms with van der Waals surface area (Å²) in [5.74, 6) is -3.22. The number of esters is 3. The van der Waals surface area contributed by atoms with E-state index in [-0.39, 0.29) is 25.9 Å². The Morgan fingerprint density at radius 1 is 0.453 bits per heavy atom. The van der Waals surface area contributed by atoms with E-state index in [2.05, 4.69) is 99.8 Å². The second kappa shape index (κ2) is 50.7. The number of aliphatic hydroxyl groups excluding tert-OH is 2. The summed E-state index contributed by atoms with van der Waals surface area (Å²) in [5.41, 5.74) is 0. The highest BCUT2D eigenvalue weighted by Gasteiger charge is 2.50. The van der Waals surface area contributed by atoms with Gasteiger partial charge < -0.3 is 39.0 Å². The van der Waals surface area contributed by atoms with E-state index in [9.17, 15) is 34.5 Å². The molecule has 75 heavy (non-hydrogen) atoms. The highest BCUT2D eigenvalue weighted by Crippen LogP contribution is 2.26. The van der Waals surface area contributed by atoms with Crippen LogP contribution in [0.5, 0.6) is 0 Å². The number of hydrogen-bond donors (Lipinski definition) is 3. The molecule has 0 bridgehead atoms. The third-order valence-corrected chi connectivity index (χ3v) is 12.9. The van der Waals surface area contributed by atoms with Gasteiger partial charge in [0, 0.05) is 19.3 Å². The Kier molecular flexibility index (Phi) is 46.6. The zero-order valence-electron chi connectivity index (χ0n) is 47.0. The Bertz CT molecular complexity index is 1630. The number of aliphatic hydroxyl groups is 2. The van der Waals surface area contributed by atoms with Crippen molar-refractivity contribution in [1.29, 1.82) is 0 Å². The summed E-state index contributed by atoms with van der Waals surface area (Å²) >= 11 is 0. The number of carboxylic acid groups (broad SMARTS) is 1. The first-order valence-electron chi connectivity index (χ1n) is 29.6. The highest BCUT2D eigenvalue weighted by atomic mass is 16.7. The molecule has 0 aromatic heterocycles. The van der Waals surface area contributed by atoms with Gasteiger partial charge in [-0.3, -0.25) is 14.4 Å². The van der Waals surface area contributed by atoms with Gasteiger partial charge in [-0.05, 0) is 103 Å². The molecule has 1 aliphatic rings. The molecule has 0 saturated carbocycles. The molecule has 0 spiro atoms. The van der Waals surface area contributed by atoms with Crippen LogP contribution in [0.25, 0.3) is 0 Å².